The summed E-state index contributed by atoms with van der Waals surface area (Å²) in [7, 11) is 0. The number of thioether (sulfide) groups is 1. The van der Waals surface area contributed by atoms with Crippen molar-refractivity contribution in [2.24, 2.45) is 5.73 Å². The molecule has 0 spiro atoms. The fraction of sp³-hybridized carbons (Fsp3) is 0.467. The Morgan fingerprint density at radius 3 is 2.81 bits per heavy atom. The van der Waals surface area contributed by atoms with E-state index in [0.717, 1.165) is 36.4 Å². The number of amides is 2. The van der Waals surface area contributed by atoms with Crippen LogP contribution in [-0.4, -0.2) is 29.7 Å². The minimum absolute atomic E-state index is 0.00498. The molecule has 2 amide bonds. The number of nitrogens with one attached hydrogen (secondary N) is 2. The number of carbonyl (C=O) groups is 2. The number of rotatable bonds is 6. The number of para-hydroxylation sites is 1. The van der Waals surface area contributed by atoms with E-state index in [1.807, 2.05) is 31.2 Å². The second-order valence-electron chi connectivity index (χ2n) is 5.17. The predicted molar refractivity (Wildman–Crippen MR) is 85.2 cm³/mol. The van der Waals surface area contributed by atoms with Crippen LogP contribution in [0.4, 0.5) is 5.69 Å². The fourth-order valence-electron chi connectivity index (χ4n) is 2.55. The minimum atomic E-state index is -0.471. The summed E-state index contributed by atoms with van der Waals surface area (Å²) >= 11 is 1.34. The minimum Gasteiger partial charge on any atom is -0.369 e. The van der Waals surface area contributed by atoms with Gasteiger partial charge in [-0.1, -0.05) is 19.1 Å². The Morgan fingerprint density at radius 2 is 2.19 bits per heavy atom. The Labute approximate surface area is 129 Å². The van der Waals surface area contributed by atoms with Crippen LogP contribution in [0.3, 0.4) is 0 Å². The lowest BCUT2D eigenvalue weighted by atomic mass is 9.93. The summed E-state index contributed by atoms with van der Waals surface area (Å²) in [4.78, 5) is 24.4. The molecule has 4 N–H and O–H groups in total. The molecule has 0 bridgehead atoms. The summed E-state index contributed by atoms with van der Waals surface area (Å²) in [5, 5.41) is 6.31. The van der Waals surface area contributed by atoms with Crippen LogP contribution >= 0.6 is 11.8 Å². The Bertz CT molecular complexity index is 527. The van der Waals surface area contributed by atoms with Crippen LogP contribution in [0.15, 0.2) is 29.2 Å². The first kappa shape index (κ1) is 15.9. The van der Waals surface area contributed by atoms with Gasteiger partial charge in [-0.3, -0.25) is 9.59 Å². The number of carbonyl (C=O) groups excluding carboxylic acids is 2. The average Bonchev–Trinajstić information content (AvgIpc) is 2.96. The molecule has 6 heteroatoms. The quantitative estimate of drug-likeness (QED) is 0.699. The summed E-state index contributed by atoms with van der Waals surface area (Å²) in [6.45, 7) is 2.89. The van der Waals surface area contributed by atoms with Crippen molar-refractivity contribution in [2.45, 2.75) is 36.6 Å². The molecule has 0 aliphatic carbocycles. The first-order valence-electron chi connectivity index (χ1n) is 7.14. The molecule has 0 aromatic heterocycles. The van der Waals surface area contributed by atoms with Crippen LogP contribution in [0.5, 0.6) is 0 Å². The van der Waals surface area contributed by atoms with Gasteiger partial charge in [-0.15, -0.1) is 11.8 Å². The Morgan fingerprint density at radius 1 is 1.43 bits per heavy atom. The highest BCUT2D eigenvalue weighted by Crippen LogP contribution is 2.29. The van der Waals surface area contributed by atoms with Gasteiger partial charge in [-0.05, 0) is 37.9 Å². The fourth-order valence-corrected chi connectivity index (χ4v) is 3.30. The van der Waals surface area contributed by atoms with Gasteiger partial charge in [-0.25, -0.2) is 0 Å². The van der Waals surface area contributed by atoms with E-state index in [9.17, 15) is 9.59 Å². The maximum Gasteiger partial charge on any atom is 0.244 e. The van der Waals surface area contributed by atoms with Crippen LogP contribution in [0.2, 0.25) is 0 Å². The Hall–Kier alpha value is -1.53. The van der Waals surface area contributed by atoms with Crippen molar-refractivity contribution in [2.75, 3.05) is 17.6 Å². The van der Waals surface area contributed by atoms with Crippen molar-refractivity contribution in [1.29, 1.82) is 0 Å². The first-order valence-corrected chi connectivity index (χ1v) is 8.12. The molecule has 1 saturated heterocycles. The Kier molecular flexibility index (Phi) is 5.25. The van der Waals surface area contributed by atoms with Crippen LogP contribution in [-0.2, 0) is 9.59 Å². The van der Waals surface area contributed by atoms with Gasteiger partial charge in [0, 0.05) is 4.90 Å². The van der Waals surface area contributed by atoms with Gasteiger partial charge in [0.2, 0.25) is 11.8 Å². The van der Waals surface area contributed by atoms with Gasteiger partial charge in [0.15, 0.2) is 0 Å². The second kappa shape index (κ2) is 6.95. The third-order valence-corrected chi connectivity index (χ3v) is 4.88. The maximum absolute atomic E-state index is 12.6. The van der Waals surface area contributed by atoms with Gasteiger partial charge in [-0.2, -0.15) is 0 Å². The van der Waals surface area contributed by atoms with Crippen molar-refractivity contribution in [1.82, 2.24) is 5.32 Å². The van der Waals surface area contributed by atoms with Gasteiger partial charge < -0.3 is 16.4 Å². The van der Waals surface area contributed by atoms with E-state index in [2.05, 4.69) is 10.6 Å². The van der Waals surface area contributed by atoms with E-state index in [1.165, 1.54) is 11.8 Å². The van der Waals surface area contributed by atoms with Crippen molar-refractivity contribution < 1.29 is 9.59 Å². The number of anilines is 1. The van der Waals surface area contributed by atoms with Crippen LogP contribution < -0.4 is 16.4 Å². The average molecular weight is 307 g/mol. The molecule has 1 aromatic carbocycles. The number of hydrogen-bond acceptors (Lipinski definition) is 4. The molecular formula is C15H21N3O2S. The summed E-state index contributed by atoms with van der Waals surface area (Å²) in [6, 6.07) is 7.47. The van der Waals surface area contributed by atoms with Crippen molar-refractivity contribution >= 4 is 29.3 Å². The van der Waals surface area contributed by atoms with Crippen molar-refractivity contribution in [3.05, 3.63) is 24.3 Å². The molecule has 0 radical (unpaired) electrons. The highest BCUT2D eigenvalue weighted by Gasteiger charge is 2.39. The molecule has 1 aromatic rings. The number of nitrogens with two attached hydrogens (primary N) is 1. The van der Waals surface area contributed by atoms with Gasteiger partial charge in [0.05, 0.1) is 17.0 Å². The first-order chi connectivity index (χ1) is 10.1. The zero-order chi connectivity index (χ0) is 15.3. The zero-order valence-electron chi connectivity index (χ0n) is 12.1. The lowest BCUT2D eigenvalue weighted by molar-refractivity contribution is -0.122. The second-order valence-corrected chi connectivity index (χ2v) is 6.19. The smallest absolute Gasteiger partial charge is 0.244 e. The molecule has 5 nitrogen and oxygen atoms in total. The summed E-state index contributed by atoms with van der Waals surface area (Å²) in [5.74, 6) is -0.178. The molecule has 1 aliphatic heterocycles. The molecule has 114 valence electrons. The van der Waals surface area contributed by atoms with E-state index < -0.39 is 5.54 Å². The molecule has 2 rings (SSSR count). The summed E-state index contributed by atoms with van der Waals surface area (Å²) < 4.78 is 0. The molecule has 1 aliphatic rings. The lowest BCUT2D eigenvalue weighted by Gasteiger charge is -2.27. The largest absolute Gasteiger partial charge is 0.369 e. The molecule has 1 unspecified atom stereocenters. The molecule has 1 fully saturated rings. The van der Waals surface area contributed by atoms with Crippen molar-refractivity contribution in [3.8, 4) is 0 Å². The molecule has 1 atom stereocenters. The Balaban J connectivity index is 2.11. The zero-order valence-corrected chi connectivity index (χ0v) is 13.0. The van der Waals surface area contributed by atoms with Gasteiger partial charge in [0.25, 0.3) is 0 Å². The molecule has 21 heavy (non-hydrogen) atoms. The normalized spacial score (nSPS) is 21.2. The topological polar surface area (TPSA) is 84.2 Å². The third-order valence-electron chi connectivity index (χ3n) is 3.79. The number of benzene rings is 1. The van der Waals surface area contributed by atoms with Crippen LogP contribution in [0, 0.1) is 0 Å². The van der Waals surface area contributed by atoms with E-state index in [0.29, 0.717) is 0 Å². The SMILES string of the molecule is CCC1(C(=O)Nc2ccccc2SCC(N)=O)CCCN1. The van der Waals surface area contributed by atoms with Gasteiger partial charge >= 0.3 is 0 Å². The molecule has 0 saturated carbocycles. The standard InChI is InChI=1S/C15H21N3O2S/c1-2-15(8-5-9-17-15)14(20)18-11-6-3-4-7-12(11)21-10-13(16)19/h3-4,6-7,17H,2,5,8-10H2,1H3,(H2,16,19)(H,18,20). The van der Waals surface area contributed by atoms with E-state index in [1.54, 1.807) is 0 Å². The number of hydrogen-bond donors (Lipinski definition) is 3. The molecule has 1 heterocycles. The summed E-state index contributed by atoms with van der Waals surface area (Å²) in [6.07, 6.45) is 2.63. The van der Waals surface area contributed by atoms with E-state index in [-0.39, 0.29) is 17.6 Å². The third kappa shape index (κ3) is 3.77. The summed E-state index contributed by atoms with van der Waals surface area (Å²) in [5.41, 5.74) is 5.44. The van der Waals surface area contributed by atoms with Crippen molar-refractivity contribution in [3.63, 3.8) is 0 Å². The van der Waals surface area contributed by atoms with E-state index in [4.69, 9.17) is 5.73 Å². The van der Waals surface area contributed by atoms with Gasteiger partial charge in [0.1, 0.15) is 0 Å². The van der Waals surface area contributed by atoms with Crippen LogP contribution in [0.1, 0.15) is 26.2 Å². The lowest BCUT2D eigenvalue weighted by Crippen LogP contribution is -2.50. The highest BCUT2D eigenvalue weighted by molar-refractivity contribution is 8.00. The van der Waals surface area contributed by atoms with E-state index >= 15 is 0 Å². The maximum atomic E-state index is 12.6. The highest BCUT2D eigenvalue weighted by atomic mass is 32.2. The number of primary amides is 1. The predicted octanol–water partition coefficient (Wildman–Crippen LogP) is 1.73. The van der Waals surface area contributed by atoms with Crippen LogP contribution in [0.25, 0.3) is 0 Å². The monoisotopic (exact) mass is 307 g/mol. The molecular weight excluding hydrogens is 286 g/mol.